The fraction of sp³-hybridized carbons (Fsp3) is 0.278. The Bertz CT molecular complexity index is 2090. The van der Waals surface area contributed by atoms with E-state index in [1.54, 1.807) is 53.6 Å². The number of aromatic nitrogens is 3. The van der Waals surface area contributed by atoms with Crippen LogP contribution in [0.4, 0.5) is 10.7 Å². The van der Waals surface area contributed by atoms with E-state index in [4.69, 9.17) is 21.3 Å². The molecule has 2 saturated heterocycles. The van der Waals surface area contributed by atoms with Gasteiger partial charge in [-0.3, -0.25) is 4.79 Å². The largest absolute Gasteiger partial charge is 0.445 e. The Hall–Kier alpha value is -4.94. The first-order chi connectivity index (χ1) is 23.8. The van der Waals surface area contributed by atoms with Crippen LogP contribution < -0.4 is 5.32 Å². The first-order valence-electron chi connectivity index (χ1n) is 16.2. The van der Waals surface area contributed by atoms with E-state index in [9.17, 15) is 18.0 Å². The van der Waals surface area contributed by atoms with Gasteiger partial charge >= 0.3 is 6.09 Å². The summed E-state index contributed by atoms with van der Waals surface area (Å²) in [6.07, 6.45) is 4.59. The summed E-state index contributed by atoms with van der Waals surface area (Å²) in [5, 5.41) is 4.32. The molecule has 7 rings (SSSR count). The predicted molar refractivity (Wildman–Crippen MR) is 187 cm³/mol. The van der Waals surface area contributed by atoms with Crippen molar-refractivity contribution in [3.8, 4) is 11.3 Å². The average molecular weight is 699 g/mol. The summed E-state index contributed by atoms with van der Waals surface area (Å²) < 4.78 is 34.0. The normalized spacial score (nSPS) is 17.0. The molecule has 13 heteroatoms. The molecule has 3 aromatic carbocycles. The second kappa shape index (κ2) is 13.9. The van der Waals surface area contributed by atoms with Gasteiger partial charge in [0.15, 0.2) is 0 Å². The second-order valence-corrected chi connectivity index (χ2v) is 14.5. The number of amides is 2. The van der Waals surface area contributed by atoms with Crippen molar-refractivity contribution in [2.24, 2.45) is 5.92 Å². The minimum absolute atomic E-state index is 0.0779. The van der Waals surface area contributed by atoms with Crippen molar-refractivity contribution in [1.82, 2.24) is 23.7 Å². The van der Waals surface area contributed by atoms with Crippen LogP contribution in [-0.4, -0.2) is 76.4 Å². The van der Waals surface area contributed by atoms with E-state index in [0.717, 1.165) is 5.56 Å². The molecule has 2 aromatic heterocycles. The number of carbonyl (C=O) groups excluding carboxylic acids is 2. The summed E-state index contributed by atoms with van der Waals surface area (Å²) >= 11 is 6.62. The van der Waals surface area contributed by atoms with E-state index < -0.39 is 10.0 Å². The van der Waals surface area contributed by atoms with Crippen LogP contribution in [0.25, 0.3) is 22.2 Å². The summed E-state index contributed by atoms with van der Waals surface area (Å²) in [5.74, 6) is 0.273. The number of nitrogens with one attached hydrogen (secondary N) is 1. The van der Waals surface area contributed by atoms with E-state index in [-0.39, 0.29) is 40.5 Å². The lowest BCUT2D eigenvalue weighted by Gasteiger charge is -2.32. The minimum Gasteiger partial charge on any atom is -0.445 e. The molecule has 4 heterocycles. The summed E-state index contributed by atoms with van der Waals surface area (Å²) in [6, 6.07) is 25.0. The molecule has 2 aliphatic heterocycles. The molecule has 252 valence electrons. The molecule has 0 spiro atoms. The number of ether oxygens (including phenoxy) is 1. The number of hydrogen-bond donors (Lipinski definition) is 1. The number of nitrogens with zero attached hydrogens (tertiary/aromatic N) is 5. The summed E-state index contributed by atoms with van der Waals surface area (Å²) in [7, 11) is -3.89. The van der Waals surface area contributed by atoms with Gasteiger partial charge in [0, 0.05) is 55.3 Å². The van der Waals surface area contributed by atoms with Gasteiger partial charge < -0.3 is 19.9 Å². The molecule has 2 fully saturated rings. The molecule has 0 radical (unpaired) electrons. The Morgan fingerprint density at radius 1 is 0.878 bits per heavy atom. The van der Waals surface area contributed by atoms with Crippen LogP contribution in [-0.2, 0) is 26.2 Å². The average Bonchev–Trinajstić information content (AvgIpc) is 3.77. The van der Waals surface area contributed by atoms with Crippen molar-refractivity contribution in [2.45, 2.75) is 36.8 Å². The fourth-order valence-electron chi connectivity index (χ4n) is 6.51. The lowest BCUT2D eigenvalue weighted by molar-refractivity contribution is -0.135. The maximum Gasteiger partial charge on any atom is 0.410 e. The van der Waals surface area contributed by atoms with Gasteiger partial charge in [0.1, 0.15) is 6.61 Å². The van der Waals surface area contributed by atoms with Crippen LogP contribution in [0.2, 0.25) is 5.02 Å². The Morgan fingerprint density at radius 3 is 2.31 bits per heavy atom. The van der Waals surface area contributed by atoms with Gasteiger partial charge in [0.05, 0.1) is 27.3 Å². The zero-order chi connectivity index (χ0) is 34.0. The highest BCUT2D eigenvalue weighted by Crippen LogP contribution is 2.36. The maximum absolute atomic E-state index is 13.6. The van der Waals surface area contributed by atoms with Crippen molar-refractivity contribution in [2.75, 3.05) is 31.5 Å². The number of anilines is 1. The molecule has 0 unspecified atom stereocenters. The van der Waals surface area contributed by atoms with Crippen LogP contribution in [0.1, 0.15) is 24.8 Å². The predicted octanol–water partition coefficient (Wildman–Crippen LogP) is 6.05. The van der Waals surface area contributed by atoms with Crippen LogP contribution in [0.3, 0.4) is 0 Å². The number of benzene rings is 3. The molecule has 49 heavy (non-hydrogen) atoms. The highest BCUT2D eigenvalue weighted by molar-refractivity contribution is 7.90. The molecule has 0 bridgehead atoms. The molecular weight excluding hydrogens is 664 g/mol. The molecule has 2 amide bonds. The van der Waals surface area contributed by atoms with Gasteiger partial charge in [-0.2, -0.15) is 0 Å². The fourth-order valence-corrected chi connectivity index (χ4v) is 8.09. The number of hydrogen-bond acceptors (Lipinski definition) is 8. The Balaban J connectivity index is 0.997. The Kier molecular flexibility index (Phi) is 9.24. The third-order valence-electron chi connectivity index (χ3n) is 9.12. The smallest absolute Gasteiger partial charge is 0.410 e. The number of carbonyl (C=O) groups is 2. The molecule has 2 aliphatic rings. The maximum atomic E-state index is 13.6. The Morgan fingerprint density at radius 2 is 1.55 bits per heavy atom. The van der Waals surface area contributed by atoms with E-state index in [2.05, 4.69) is 10.3 Å². The highest BCUT2D eigenvalue weighted by Gasteiger charge is 2.34. The minimum atomic E-state index is -3.89. The van der Waals surface area contributed by atoms with Crippen LogP contribution >= 0.6 is 11.6 Å². The van der Waals surface area contributed by atoms with Crippen molar-refractivity contribution >= 4 is 50.5 Å². The standard InChI is InChI=1S/C36H35ClN6O5S/c37-31-21-38-35(40-33(31)30-23-43(32-14-8-7-13-29(30)32)49(46,47)28-11-5-2-6-12-28)39-27-17-20-42(22-27)34(44)26-15-18-41(19-16-26)36(45)48-24-25-9-3-1-4-10-25/h1-14,21,23,26-27H,15-20,22,24H2,(H,38,39,40)/t27-/m0/s1. The van der Waals surface area contributed by atoms with E-state index in [0.29, 0.717) is 73.6 Å². The number of halogens is 1. The lowest BCUT2D eigenvalue weighted by Crippen LogP contribution is -2.44. The number of likely N-dealkylation sites (tertiary alicyclic amines) is 2. The van der Waals surface area contributed by atoms with Crippen molar-refractivity contribution in [3.05, 3.63) is 108 Å². The molecule has 1 N–H and O–H groups in total. The van der Waals surface area contributed by atoms with E-state index in [1.807, 2.05) is 47.4 Å². The number of rotatable bonds is 8. The molecule has 0 aliphatic carbocycles. The monoisotopic (exact) mass is 698 g/mol. The molecule has 0 saturated carbocycles. The van der Waals surface area contributed by atoms with Gasteiger partial charge in [-0.15, -0.1) is 0 Å². The van der Waals surface area contributed by atoms with E-state index in [1.165, 1.54) is 10.2 Å². The van der Waals surface area contributed by atoms with Gasteiger partial charge in [0.25, 0.3) is 10.0 Å². The van der Waals surface area contributed by atoms with Crippen LogP contribution in [0, 0.1) is 5.92 Å². The van der Waals surface area contributed by atoms with Crippen LogP contribution in [0.15, 0.2) is 102 Å². The van der Waals surface area contributed by atoms with Gasteiger partial charge in [-0.25, -0.2) is 27.2 Å². The second-order valence-electron chi connectivity index (χ2n) is 12.3. The van der Waals surface area contributed by atoms with Gasteiger partial charge in [0.2, 0.25) is 11.9 Å². The molecule has 5 aromatic rings. The van der Waals surface area contributed by atoms with E-state index >= 15 is 0 Å². The first-order valence-corrected chi connectivity index (χ1v) is 18.0. The third-order valence-corrected chi connectivity index (χ3v) is 11.1. The number of para-hydroxylation sites is 1. The number of piperidine rings is 1. The lowest BCUT2D eigenvalue weighted by atomic mass is 9.95. The topological polar surface area (TPSA) is 127 Å². The molecular formula is C36H35ClN6O5S. The zero-order valence-corrected chi connectivity index (χ0v) is 28.2. The number of fused-ring (bicyclic) bond motifs is 1. The summed E-state index contributed by atoms with van der Waals surface area (Å²) in [6.45, 7) is 2.27. The van der Waals surface area contributed by atoms with Crippen molar-refractivity contribution in [1.29, 1.82) is 0 Å². The first kappa shape index (κ1) is 32.6. The SMILES string of the molecule is O=C(OCc1ccccc1)N1CCC(C(=O)N2CC[C@H](Nc3ncc(Cl)c(-c4cn(S(=O)(=O)c5ccccc5)c5ccccc45)n3)C2)CC1. The van der Waals surface area contributed by atoms with Crippen LogP contribution in [0.5, 0.6) is 0 Å². The molecule has 11 nitrogen and oxygen atoms in total. The van der Waals surface area contributed by atoms with Crippen molar-refractivity contribution < 1.29 is 22.7 Å². The quantitative estimate of drug-likeness (QED) is 0.208. The van der Waals surface area contributed by atoms with Crippen molar-refractivity contribution in [3.63, 3.8) is 0 Å². The third kappa shape index (κ3) is 6.83. The summed E-state index contributed by atoms with van der Waals surface area (Å²) in [5.41, 5.74) is 2.40. The van der Waals surface area contributed by atoms with Gasteiger partial charge in [-0.1, -0.05) is 78.3 Å². The zero-order valence-electron chi connectivity index (χ0n) is 26.6. The highest BCUT2D eigenvalue weighted by atomic mass is 35.5. The molecule has 1 atom stereocenters. The Labute approximate surface area is 289 Å². The van der Waals surface area contributed by atoms with Gasteiger partial charge in [-0.05, 0) is 43.0 Å². The summed E-state index contributed by atoms with van der Waals surface area (Å²) in [4.78, 5) is 38.9.